The van der Waals surface area contributed by atoms with Crippen LogP contribution in [0.5, 0.6) is 0 Å². The van der Waals surface area contributed by atoms with E-state index in [0.29, 0.717) is 6.04 Å². The fraction of sp³-hybridized carbons (Fsp3) is 0.400. The fourth-order valence-corrected chi connectivity index (χ4v) is 1.85. The quantitative estimate of drug-likeness (QED) is 0.700. The van der Waals surface area contributed by atoms with Crippen molar-refractivity contribution in [3.8, 4) is 0 Å². The smallest absolute Gasteiger partial charge is 0.0641 e. The highest BCUT2D eigenvalue weighted by molar-refractivity contribution is 6.33. The summed E-state index contributed by atoms with van der Waals surface area (Å²) in [6.45, 7) is 3.29. The molecule has 1 heterocycles. The average Bonchev–Trinajstić information content (AvgIpc) is 2.09. The fourth-order valence-electron chi connectivity index (χ4n) is 1.62. The van der Waals surface area contributed by atoms with Crippen LogP contribution in [0.3, 0.4) is 0 Å². The average molecular weight is 197 g/mol. The highest BCUT2D eigenvalue weighted by Crippen LogP contribution is 2.33. The standard InChI is InChI=1S/C10H13ClN2/c1-7-4-5-13(7)10-6-8(12)2-3-9(10)11/h2-3,6-7H,4-5,12H2,1H3. The Morgan fingerprint density at radius 1 is 1.54 bits per heavy atom. The topological polar surface area (TPSA) is 29.3 Å². The Morgan fingerprint density at radius 2 is 2.31 bits per heavy atom. The third-order valence-electron chi connectivity index (χ3n) is 2.60. The van der Waals surface area contributed by atoms with E-state index in [-0.39, 0.29) is 0 Å². The Labute approximate surface area is 83.3 Å². The van der Waals surface area contributed by atoms with Gasteiger partial charge < -0.3 is 10.6 Å². The van der Waals surface area contributed by atoms with E-state index in [1.54, 1.807) is 0 Å². The molecule has 0 amide bonds. The van der Waals surface area contributed by atoms with Crippen molar-refractivity contribution in [3.63, 3.8) is 0 Å². The number of nitrogens with two attached hydrogens (primary N) is 1. The van der Waals surface area contributed by atoms with Gasteiger partial charge in [0.25, 0.3) is 0 Å². The Balaban J connectivity index is 2.33. The van der Waals surface area contributed by atoms with Gasteiger partial charge in [-0.05, 0) is 31.5 Å². The SMILES string of the molecule is CC1CCN1c1cc(N)ccc1Cl. The van der Waals surface area contributed by atoms with Crippen molar-refractivity contribution in [2.45, 2.75) is 19.4 Å². The number of rotatable bonds is 1. The molecule has 1 aromatic rings. The van der Waals surface area contributed by atoms with Crippen LogP contribution in [0, 0.1) is 0 Å². The first-order chi connectivity index (χ1) is 6.18. The molecule has 1 aromatic carbocycles. The molecule has 2 nitrogen and oxygen atoms in total. The van der Waals surface area contributed by atoms with E-state index in [1.165, 1.54) is 6.42 Å². The summed E-state index contributed by atoms with van der Waals surface area (Å²) in [5.74, 6) is 0. The third-order valence-corrected chi connectivity index (χ3v) is 2.92. The zero-order valence-electron chi connectivity index (χ0n) is 7.63. The van der Waals surface area contributed by atoms with E-state index in [2.05, 4.69) is 11.8 Å². The van der Waals surface area contributed by atoms with Gasteiger partial charge in [0, 0.05) is 18.3 Å². The highest BCUT2D eigenvalue weighted by Gasteiger charge is 2.25. The summed E-state index contributed by atoms with van der Waals surface area (Å²) in [5.41, 5.74) is 7.55. The van der Waals surface area contributed by atoms with Crippen LogP contribution in [-0.4, -0.2) is 12.6 Å². The van der Waals surface area contributed by atoms with Crippen LogP contribution >= 0.6 is 11.6 Å². The number of halogens is 1. The van der Waals surface area contributed by atoms with Gasteiger partial charge in [-0.2, -0.15) is 0 Å². The van der Waals surface area contributed by atoms with Crippen LogP contribution in [0.4, 0.5) is 11.4 Å². The van der Waals surface area contributed by atoms with Gasteiger partial charge in [0.1, 0.15) is 0 Å². The molecule has 2 N–H and O–H groups in total. The van der Waals surface area contributed by atoms with Gasteiger partial charge >= 0.3 is 0 Å². The molecule has 0 bridgehead atoms. The van der Waals surface area contributed by atoms with E-state index < -0.39 is 0 Å². The Morgan fingerprint density at radius 3 is 2.85 bits per heavy atom. The second kappa shape index (κ2) is 3.11. The monoisotopic (exact) mass is 196 g/mol. The van der Waals surface area contributed by atoms with Crippen molar-refractivity contribution in [2.24, 2.45) is 0 Å². The van der Waals surface area contributed by atoms with Crippen LogP contribution < -0.4 is 10.6 Å². The number of nitrogens with zero attached hydrogens (tertiary/aromatic N) is 1. The minimum absolute atomic E-state index is 0.597. The van der Waals surface area contributed by atoms with Gasteiger partial charge in [-0.3, -0.25) is 0 Å². The predicted octanol–water partition coefficient (Wildman–Crippen LogP) is 2.52. The van der Waals surface area contributed by atoms with Gasteiger partial charge in [0.05, 0.1) is 10.7 Å². The molecule has 1 aliphatic heterocycles. The molecular formula is C10H13ClN2. The van der Waals surface area contributed by atoms with Crippen LogP contribution in [0.15, 0.2) is 18.2 Å². The van der Waals surface area contributed by atoms with Crippen molar-refractivity contribution in [3.05, 3.63) is 23.2 Å². The summed E-state index contributed by atoms with van der Waals surface area (Å²) in [4.78, 5) is 2.28. The number of nitrogen functional groups attached to an aromatic ring is 1. The largest absolute Gasteiger partial charge is 0.399 e. The van der Waals surface area contributed by atoms with Gasteiger partial charge in [0.2, 0.25) is 0 Å². The summed E-state index contributed by atoms with van der Waals surface area (Å²) in [5, 5.41) is 0.792. The second-order valence-corrected chi connectivity index (χ2v) is 3.95. The minimum Gasteiger partial charge on any atom is -0.399 e. The van der Waals surface area contributed by atoms with E-state index in [4.69, 9.17) is 17.3 Å². The van der Waals surface area contributed by atoms with Crippen molar-refractivity contribution in [2.75, 3.05) is 17.2 Å². The lowest BCUT2D eigenvalue weighted by atomic mass is 10.0. The molecule has 1 aliphatic rings. The maximum atomic E-state index is 6.07. The lowest BCUT2D eigenvalue weighted by Crippen LogP contribution is -2.45. The first kappa shape index (κ1) is 8.70. The zero-order valence-corrected chi connectivity index (χ0v) is 8.38. The van der Waals surface area contributed by atoms with E-state index in [1.807, 2.05) is 18.2 Å². The molecule has 0 radical (unpaired) electrons. The molecule has 1 atom stereocenters. The van der Waals surface area contributed by atoms with Crippen LogP contribution in [0.2, 0.25) is 5.02 Å². The lowest BCUT2D eigenvalue weighted by molar-refractivity contribution is 0.481. The van der Waals surface area contributed by atoms with Gasteiger partial charge in [-0.25, -0.2) is 0 Å². The maximum Gasteiger partial charge on any atom is 0.0641 e. The molecule has 0 saturated carbocycles. The predicted molar refractivity (Wildman–Crippen MR) is 57.3 cm³/mol. The second-order valence-electron chi connectivity index (χ2n) is 3.54. The van der Waals surface area contributed by atoms with Gasteiger partial charge in [-0.15, -0.1) is 0 Å². The minimum atomic E-state index is 0.597. The van der Waals surface area contributed by atoms with Crippen LogP contribution in [0.25, 0.3) is 0 Å². The summed E-state index contributed by atoms with van der Waals surface area (Å²) >= 11 is 6.07. The number of benzene rings is 1. The molecule has 2 rings (SSSR count). The maximum absolute atomic E-state index is 6.07. The molecule has 0 spiro atoms. The zero-order chi connectivity index (χ0) is 9.42. The summed E-state index contributed by atoms with van der Waals surface area (Å²) in [7, 11) is 0. The third kappa shape index (κ3) is 1.46. The number of anilines is 2. The molecule has 1 fully saturated rings. The summed E-state index contributed by atoms with van der Waals surface area (Å²) in [6, 6.07) is 6.23. The molecule has 0 aliphatic carbocycles. The number of hydrogen-bond acceptors (Lipinski definition) is 2. The van der Waals surface area contributed by atoms with Crippen molar-refractivity contribution >= 4 is 23.0 Å². The van der Waals surface area contributed by atoms with E-state index in [9.17, 15) is 0 Å². The van der Waals surface area contributed by atoms with Crippen LogP contribution in [0.1, 0.15) is 13.3 Å². The lowest BCUT2D eigenvalue weighted by Gasteiger charge is -2.41. The summed E-state index contributed by atoms with van der Waals surface area (Å²) < 4.78 is 0. The Kier molecular flexibility index (Phi) is 2.08. The molecule has 70 valence electrons. The van der Waals surface area contributed by atoms with E-state index >= 15 is 0 Å². The van der Waals surface area contributed by atoms with Crippen molar-refractivity contribution < 1.29 is 0 Å². The van der Waals surface area contributed by atoms with Gasteiger partial charge in [0.15, 0.2) is 0 Å². The molecular weight excluding hydrogens is 184 g/mol. The Bertz CT molecular complexity index is 325. The first-order valence-electron chi connectivity index (χ1n) is 4.50. The van der Waals surface area contributed by atoms with Crippen LogP contribution in [-0.2, 0) is 0 Å². The normalized spacial score (nSPS) is 21.4. The molecule has 3 heteroatoms. The highest BCUT2D eigenvalue weighted by atomic mass is 35.5. The van der Waals surface area contributed by atoms with Crippen molar-refractivity contribution in [1.29, 1.82) is 0 Å². The molecule has 0 aromatic heterocycles. The molecule has 1 unspecified atom stereocenters. The number of hydrogen-bond donors (Lipinski definition) is 1. The van der Waals surface area contributed by atoms with E-state index in [0.717, 1.165) is 22.9 Å². The molecule has 1 saturated heterocycles. The molecule has 13 heavy (non-hydrogen) atoms. The van der Waals surface area contributed by atoms with Gasteiger partial charge in [-0.1, -0.05) is 11.6 Å². The first-order valence-corrected chi connectivity index (χ1v) is 4.88. The summed E-state index contributed by atoms with van der Waals surface area (Å²) in [6.07, 6.45) is 1.24. The Hall–Kier alpha value is -0.890. The van der Waals surface area contributed by atoms with Crippen molar-refractivity contribution in [1.82, 2.24) is 0 Å².